The van der Waals surface area contributed by atoms with Crippen LogP contribution in [-0.4, -0.2) is 50.7 Å². The summed E-state index contributed by atoms with van der Waals surface area (Å²) >= 11 is 0. The number of aliphatic hydroxyl groups is 1. The zero-order chi connectivity index (χ0) is 11.8. The van der Waals surface area contributed by atoms with Crippen molar-refractivity contribution in [1.29, 1.82) is 0 Å². The van der Waals surface area contributed by atoms with Gasteiger partial charge in [-0.3, -0.25) is 0 Å². The van der Waals surface area contributed by atoms with Crippen molar-refractivity contribution in [2.75, 3.05) is 27.4 Å². The highest BCUT2D eigenvalue weighted by Crippen LogP contribution is 2.23. The molecule has 0 heterocycles. The number of nitrogens with one attached hydrogen (secondary N) is 1. The van der Waals surface area contributed by atoms with Gasteiger partial charge in [-0.15, -0.1) is 0 Å². The molecule has 1 fully saturated rings. The summed E-state index contributed by atoms with van der Waals surface area (Å²) in [5.41, 5.74) is 0. The van der Waals surface area contributed by atoms with Gasteiger partial charge in [-0.1, -0.05) is 0 Å². The Kier molecular flexibility index (Phi) is 6.96. The van der Waals surface area contributed by atoms with Crippen molar-refractivity contribution in [2.24, 2.45) is 0 Å². The Labute approximate surface area is 98.3 Å². The molecule has 1 aliphatic rings. The van der Waals surface area contributed by atoms with E-state index in [-0.39, 0.29) is 12.6 Å². The molecule has 0 saturated heterocycles. The molecule has 0 aliphatic heterocycles. The Morgan fingerprint density at radius 3 is 2.75 bits per heavy atom. The Morgan fingerprint density at radius 2 is 2.12 bits per heavy atom. The second-order valence-electron chi connectivity index (χ2n) is 4.47. The van der Waals surface area contributed by atoms with E-state index in [1.807, 2.05) is 7.05 Å². The highest BCUT2D eigenvalue weighted by atomic mass is 16.5. The van der Waals surface area contributed by atoms with Crippen LogP contribution in [0.5, 0.6) is 0 Å². The molecule has 0 spiro atoms. The molecule has 2 N–H and O–H groups in total. The van der Waals surface area contributed by atoms with Crippen LogP contribution in [0.25, 0.3) is 0 Å². The van der Waals surface area contributed by atoms with Gasteiger partial charge >= 0.3 is 0 Å². The molecule has 1 saturated carbocycles. The maximum absolute atomic E-state index is 9.01. The predicted molar refractivity (Wildman–Crippen MR) is 63.6 cm³/mol. The summed E-state index contributed by atoms with van der Waals surface area (Å²) in [7, 11) is 3.64. The van der Waals surface area contributed by atoms with Gasteiger partial charge in [0.25, 0.3) is 0 Å². The second-order valence-corrected chi connectivity index (χ2v) is 4.47. The van der Waals surface area contributed by atoms with E-state index in [1.165, 1.54) is 6.42 Å². The van der Waals surface area contributed by atoms with Crippen LogP contribution < -0.4 is 5.32 Å². The number of hydrogen-bond acceptors (Lipinski definition) is 4. The molecule has 4 heteroatoms. The van der Waals surface area contributed by atoms with Crippen molar-refractivity contribution < 1.29 is 14.6 Å². The molecular weight excluding hydrogens is 206 g/mol. The van der Waals surface area contributed by atoms with Crippen molar-refractivity contribution in [3.63, 3.8) is 0 Å². The van der Waals surface area contributed by atoms with Crippen LogP contribution in [-0.2, 0) is 9.47 Å². The van der Waals surface area contributed by atoms with Crippen LogP contribution in [0.1, 0.15) is 32.1 Å². The topological polar surface area (TPSA) is 50.7 Å². The van der Waals surface area contributed by atoms with E-state index < -0.39 is 0 Å². The normalized spacial score (nSPS) is 27.9. The average Bonchev–Trinajstić information content (AvgIpc) is 2.35. The molecule has 0 aromatic heterocycles. The van der Waals surface area contributed by atoms with Crippen molar-refractivity contribution in [3.05, 3.63) is 0 Å². The fraction of sp³-hybridized carbons (Fsp3) is 1.00. The fourth-order valence-electron chi connectivity index (χ4n) is 2.17. The van der Waals surface area contributed by atoms with E-state index >= 15 is 0 Å². The minimum Gasteiger partial charge on any atom is -0.395 e. The summed E-state index contributed by atoms with van der Waals surface area (Å²) in [5, 5.41) is 12.1. The quantitative estimate of drug-likeness (QED) is 0.684. The molecule has 0 amide bonds. The lowest BCUT2D eigenvalue weighted by Crippen LogP contribution is -2.32. The van der Waals surface area contributed by atoms with Crippen LogP contribution >= 0.6 is 0 Å². The number of likely N-dealkylation sites (N-methyl/N-ethyl adjacent to an activating group) is 1. The molecule has 16 heavy (non-hydrogen) atoms. The van der Waals surface area contributed by atoms with Gasteiger partial charge in [0, 0.05) is 19.8 Å². The van der Waals surface area contributed by atoms with Crippen molar-refractivity contribution in [3.8, 4) is 0 Å². The third kappa shape index (κ3) is 4.78. The molecule has 1 rings (SSSR count). The fourth-order valence-corrected chi connectivity index (χ4v) is 2.17. The second kappa shape index (κ2) is 8.01. The Balaban J connectivity index is 2.12. The van der Waals surface area contributed by atoms with E-state index in [2.05, 4.69) is 5.32 Å². The number of hydrogen-bond donors (Lipinski definition) is 2. The van der Waals surface area contributed by atoms with Gasteiger partial charge in [-0.2, -0.15) is 0 Å². The van der Waals surface area contributed by atoms with E-state index in [4.69, 9.17) is 14.6 Å². The highest BCUT2D eigenvalue weighted by molar-refractivity contribution is 4.74. The van der Waals surface area contributed by atoms with E-state index in [0.29, 0.717) is 18.8 Å². The summed E-state index contributed by atoms with van der Waals surface area (Å²) in [6.45, 7) is 0.887. The first-order valence-electron chi connectivity index (χ1n) is 6.22. The molecule has 0 aromatic carbocycles. The van der Waals surface area contributed by atoms with Crippen molar-refractivity contribution in [1.82, 2.24) is 5.32 Å². The lowest BCUT2D eigenvalue weighted by Gasteiger charge is -2.28. The minimum absolute atomic E-state index is 0.154. The number of aliphatic hydroxyl groups excluding tert-OH is 1. The molecule has 3 unspecified atom stereocenters. The van der Waals surface area contributed by atoms with Crippen molar-refractivity contribution >= 4 is 0 Å². The molecule has 0 radical (unpaired) electrons. The molecule has 0 aromatic rings. The minimum atomic E-state index is 0.154. The van der Waals surface area contributed by atoms with E-state index in [1.54, 1.807) is 7.11 Å². The Morgan fingerprint density at radius 1 is 1.38 bits per heavy atom. The smallest absolute Gasteiger partial charge is 0.0599 e. The number of rotatable bonds is 7. The Hall–Kier alpha value is -0.160. The van der Waals surface area contributed by atoms with Crippen LogP contribution in [0, 0.1) is 0 Å². The van der Waals surface area contributed by atoms with Gasteiger partial charge in [0.05, 0.1) is 18.8 Å². The molecule has 1 aliphatic carbocycles. The summed E-state index contributed by atoms with van der Waals surface area (Å²) in [6, 6.07) is 0.154. The zero-order valence-electron chi connectivity index (χ0n) is 10.4. The van der Waals surface area contributed by atoms with Gasteiger partial charge in [0.15, 0.2) is 0 Å². The first kappa shape index (κ1) is 13.9. The van der Waals surface area contributed by atoms with Gasteiger partial charge in [-0.05, 0) is 39.2 Å². The van der Waals surface area contributed by atoms with Gasteiger partial charge in [0.1, 0.15) is 0 Å². The zero-order valence-corrected chi connectivity index (χ0v) is 10.4. The van der Waals surface area contributed by atoms with Gasteiger partial charge in [0.2, 0.25) is 0 Å². The Bertz CT molecular complexity index is 174. The predicted octanol–water partition coefficient (Wildman–Crippen LogP) is 0.931. The molecule has 96 valence electrons. The SMILES string of the molecule is CNC(CO)CCOC1CCCC(OC)C1. The maximum Gasteiger partial charge on any atom is 0.0599 e. The average molecular weight is 231 g/mol. The van der Waals surface area contributed by atoms with Crippen molar-refractivity contribution in [2.45, 2.75) is 50.4 Å². The molecule has 3 atom stereocenters. The van der Waals surface area contributed by atoms with Crippen LogP contribution in [0.3, 0.4) is 0 Å². The number of methoxy groups -OCH3 is 1. The summed E-state index contributed by atoms with van der Waals surface area (Å²) in [4.78, 5) is 0. The van der Waals surface area contributed by atoms with Gasteiger partial charge in [-0.25, -0.2) is 0 Å². The van der Waals surface area contributed by atoms with Crippen LogP contribution in [0.15, 0.2) is 0 Å². The largest absolute Gasteiger partial charge is 0.395 e. The van der Waals surface area contributed by atoms with Crippen LogP contribution in [0.2, 0.25) is 0 Å². The third-order valence-electron chi connectivity index (χ3n) is 3.36. The lowest BCUT2D eigenvalue weighted by atomic mass is 9.95. The monoisotopic (exact) mass is 231 g/mol. The number of ether oxygens (including phenoxy) is 2. The standard InChI is InChI=1S/C12H25NO3/c1-13-10(9-14)6-7-16-12-5-3-4-11(8-12)15-2/h10-14H,3-9H2,1-2H3. The maximum atomic E-state index is 9.01. The first-order valence-corrected chi connectivity index (χ1v) is 6.22. The molecular formula is C12H25NO3. The third-order valence-corrected chi connectivity index (χ3v) is 3.36. The molecule has 4 nitrogen and oxygen atoms in total. The molecule has 0 bridgehead atoms. The summed E-state index contributed by atoms with van der Waals surface area (Å²) < 4.78 is 11.2. The van der Waals surface area contributed by atoms with E-state index in [9.17, 15) is 0 Å². The summed E-state index contributed by atoms with van der Waals surface area (Å²) in [6.07, 6.45) is 6.08. The lowest BCUT2D eigenvalue weighted by molar-refractivity contribution is -0.0323. The highest BCUT2D eigenvalue weighted by Gasteiger charge is 2.22. The first-order chi connectivity index (χ1) is 7.80. The van der Waals surface area contributed by atoms with Crippen LogP contribution in [0.4, 0.5) is 0 Å². The summed E-state index contributed by atoms with van der Waals surface area (Å²) in [5.74, 6) is 0. The van der Waals surface area contributed by atoms with Gasteiger partial charge < -0.3 is 19.9 Å². The van der Waals surface area contributed by atoms with E-state index in [0.717, 1.165) is 25.7 Å².